The second-order valence-corrected chi connectivity index (χ2v) is 7.00. The highest BCUT2D eigenvalue weighted by Gasteiger charge is 2.18. The average Bonchev–Trinajstić information content (AvgIpc) is 3.22. The maximum absolute atomic E-state index is 4.37. The van der Waals surface area contributed by atoms with Crippen molar-refractivity contribution in [3.8, 4) is 5.69 Å². The van der Waals surface area contributed by atoms with Gasteiger partial charge in [-0.05, 0) is 24.3 Å². The van der Waals surface area contributed by atoms with Gasteiger partial charge in [-0.2, -0.15) is 0 Å². The van der Waals surface area contributed by atoms with Crippen LogP contribution >= 0.6 is 0 Å². The summed E-state index contributed by atoms with van der Waals surface area (Å²) in [5.74, 6) is 0. The smallest absolute Gasteiger partial charge is 0.0785 e. The van der Waals surface area contributed by atoms with Gasteiger partial charge in [0.2, 0.25) is 0 Å². The molecule has 128 valence electrons. The number of pyridine rings is 1. The second kappa shape index (κ2) is 5.21. The minimum Gasteiger partial charge on any atom is -0.342 e. The molecule has 0 amide bonds. The van der Waals surface area contributed by atoms with Crippen molar-refractivity contribution in [2.45, 2.75) is 0 Å². The summed E-state index contributed by atoms with van der Waals surface area (Å²) in [6.45, 7) is 0. The molecule has 3 nitrogen and oxygen atoms in total. The molecule has 0 atom stereocenters. The van der Waals surface area contributed by atoms with Crippen molar-refractivity contribution < 1.29 is 0 Å². The molecule has 3 aromatic heterocycles. The summed E-state index contributed by atoms with van der Waals surface area (Å²) in [4.78, 5) is 4.37. The fraction of sp³-hybridized carbons (Fsp3) is 0.0417. The summed E-state index contributed by atoms with van der Waals surface area (Å²) >= 11 is 0. The third-order valence-corrected chi connectivity index (χ3v) is 5.61. The normalized spacial score (nSPS) is 11.9. The first-order chi connectivity index (χ1) is 13.3. The summed E-state index contributed by atoms with van der Waals surface area (Å²) < 4.78 is 4.66. The first-order valence-corrected chi connectivity index (χ1v) is 9.14. The van der Waals surface area contributed by atoms with Crippen molar-refractivity contribution in [2.24, 2.45) is 7.05 Å². The van der Waals surface area contributed by atoms with Gasteiger partial charge in [-0.3, -0.25) is 4.98 Å². The lowest BCUT2D eigenvalue weighted by molar-refractivity contribution is 1.01. The highest BCUT2D eigenvalue weighted by atomic mass is 15.0. The Bertz CT molecular complexity index is 1470. The maximum atomic E-state index is 4.37. The van der Waals surface area contributed by atoms with E-state index in [-0.39, 0.29) is 0 Å². The van der Waals surface area contributed by atoms with Crippen LogP contribution in [-0.2, 0) is 7.05 Å². The van der Waals surface area contributed by atoms with Crippen LogP contribution in [-0.4, -0.2) is 14.1 Å². The Balaban J connectivity index is 1.96. The van der Waals surface area contributed by atoms with Gasteiger partial charge in [0.15, 0.2) is 0 Å². The summed E-state index contributed by atoms with van der Waals surface area (Å²) in [6.07, 6.45) is 3.76. The van der Waals surface area contributed by atoms with Crippen LogP contribution in [0.2, 0.25) is 0 Å². The summed E-state index contributed by atoms with van der Waals surface area (Å²) in [5, 5.41) is 5.12. The molecule has 0 saturated heterocycles. The van der Waals surface area contributed by atoms with E-state index < -0.39 is 0 Å². The van der Waals surface area contributed by atoms with Crippen molar-refractivity contribution in [2.75, 3.05) is 0 Å². The second-order valence-electron chi connectivity index (χ2n) is 7.00. The van der Waals surface area contributed by atoms with Crippen LogP contribution in [0.4, 0.5) is 0 Å². The molecule has 6 aromatic rings. The number of fused-ring (bicyclic) bond motifs is 7. The lowest BCUT2D eigenvalue weighted by atomic mass is 10.1. The number of benzene rings is 3. The average molecular weight is 347 g/mol. The standard InChI is InChI=1S/C24H17N3/c1-26-21-10-4-2-8-17(21)19-12-13-20-18-9-3-5-11-22(18)27(24(20)23(19)26)16-7-6-14-25-15-16/h2-15H,1H3. The van der Waals surface area contributed by atoms with Crippen molar-refractivity contribution in [1.82, 2.24) is 14.1 Å². The van der Waals surface area contributed by atoms with Gasteiger partial charge in [0.1, 0.15) is 0 Å². The molecule has 3 heterocycles. The molecule has 0 unspecified atom stereocenters. The predicted octanol–water partition coefficient (Wildman–Crippen LogP) is 5.82. The van der Waals surface area contributed by atoms with E-state index in [1.165, 1.54) is 43.6 Å². The zero-order valence-corrected chi connectivity index (χ0v) is 14.9. The van der Waals surface area contributed by atoms with Gasteiger partial charge < -0.3 is 9.13 Å². The Kier molecular flexibility index (Phi) is 2.81. The molecule has 0 bridgehead atoms. The number of hydrogen-bond donors (Lipinski definition) is 0. The van der Waals surface area contributed by atoms with E-state index in [9.17, 15) is 0 Å². The fourth-order valence-corrected chi connectivity index (χ4v) is 4.47. The van der Waals surface area contributed by atoms with Crippen LogP contribution in [0, 0.1) is 0 Å². The first-order valence-electron chi connectivity index (χ1n) is 9.14. The van der Waals surface area contributed by atoms with Crippen molar-refractivity contribution in [1.29, 1.82) is 0 Å². The molecule has 6 rings (SSSR count). The van der Waals surface area contributed by atoms with E-state index in [2.05, 4.69) is 87.9 Å². The number of para-hydroxylation sites is 2. The van der Waals surface area contributed by atoms with E-state index in [1.54, 1.807) is 0 Å². The van der Waals surface area contributed by atoms with Gasteiger partial charge in [0.25, 0.3) is 0 Å². The molecule has 0 aliphatic carbocycles. The molecule has 0 fully saturated rings. The minimum absolute atomic E-state index is 1.08. The van der Waals surface area contributed by atoms with Crippen LogP contribution in [0.25, 0.3) is 49.3 Å². The van der Waals surface area contributed by atoms with Crippen molar-refractivity contribution in [3.05, 3.63) is 85.2 Å². The van der Waals surface area contributed by atoms with E-state index in [0.29, 0.717) is 0 Å². The van der Waals surface area contributed by atoms with Gasteiger partial charge in [0.05, 0.1) is 28.4 Å². The highest BCUT2D eigenvalue weighted by molar-refractivity contribution is 6.23. The minimum atomic E-state index is 1.08. The number of hydrogen-bond acceptors (Lipinski definition) is 1. The summed E-state index contributed by atoms with van der Waals surface area (Å²) in [5.41, 5.74) is 6.04. The molecule has 0 saturated carbocycles. The van der Waals surface area contributed by atoms with Crippen molar-refractivity contribution >= 4 is 43.6 Å². The largest absolute Gasteiger partial charge is 0.342 e. The van der Waals surface area contributed by atoms with Gasteiger partial charge in [-0.25, -0.2) is 0 Å². The Morgan fingerprint density at radius 3 is 2.04 bits per heavy atom. The fourth-order valence-electron chi connectivity index (χ4n) is 4.47. The van der Waals surface area contributed by atoms with Crippen molar-refractivity contribution in [3.63, 3.8) is 0 Å². The van der Waals surface area contributed by atoms with Gasteiger partial charge in [0, 0.05) is 40.3 Å². The molecule has 0 aliphatic heterocycles. The first kappa shape index (κ1) is 14.6. The van der Waals surface area contributed by atoms with Gasteiger partial charge in [-0.1, -0.05) is 48.5 Å². The molecule has 27 heavy (non-hydrogen) atoms. The zero-order valence-electron chi connectivity index (χ0n) is 14.9. The highest BCUT2D eigenvalue weighted by Crippen LogP contribution is 2.39. The van der Waals surface area contributed by atoms with Crippen LogP contribution in [0.15, 0.2) is 85.2 Å². The van der Waals surface area contributed by atoms with Gasteiger partial charge in [-0.15, -0.1) is 0 Å². The van der Waals surface area contributed by atoms with E-state index in [0.717, 1.165) is 5.69 Å². The molecule has 0 N–H and O–H groups in total. The SMILES string of the molecule is Cn1c2ccccc2c2ccc3c4ccccc4n(-c4cccnc4)c3c21. The Hall–Kier alpha value is -3.59. The molecular weight excluding hydrogens is 330 g/mol. The zero-order chi connectivity index (χ0) is 18.0. The Labute approximate surface area is 156 Å². The number of aromatic nitrogens is 3. The third kappa shape index (κ3) is 1.83. The summed E-state index contributed by atoms with van der Waals surface area (Å²) in [7, 11) is 2.16. The molecule has 3 aromatic carbocycles. The third-order valence-electron chi connectivity index (χ3n) is 5.61. The van der Waals surface area contributed by atoms with E-state index in [1.807, 2.05) is 18.5 Å². The van der Waals surface area contributed by atoms with Crippen LogP contribution in [0.3, 0.4) is 0 Å². The molecule has 0 spiro atoms. The van der Waals surface area contributed by atoms with E-state index >= 15 is 0 Å². The quantitative estimate of drug-likeness (QED) is 0.367. The lowest BCUT2D eigenvalue weighted by Gasteiger charge is -2.09. The number of rotatable bonds is 1. The summed E-state index contributed by atoms with van der Waals surface area (Å²) in [6, 6.07) is 25.9. The maximum Gasteiger partial charge on any atom is 0.0785 e. The van der Waals surface area contributed by atoms with E-state index in [4.69, 9.17) is 0 Å². The number of nitrogens with zero attached hydrogens (tertiary/aromatic N) is 3. The monoisotopic (exact) mass is 347 g/mol. The topological polar surface area (TPSA) is 22.8 Å². The van der Waals surface area contributed by atoms with Crippen LogP contribution in [0.5, 0.6) is 0 Å². The molecular formula is C24H17N3. The Morgan fingerprint density at radius 2 is 1.30 bits per heavy atom. The van der Waals surface area contributed by atoms with Gasteiger partial charge >= 0.3 is 0 Å². The molecule has 3 heteroatoms. The van der Waals surface area contributed by atoms with Crippen LogP contribution in [0.1, 0.15) is 0 Å². The Morgan fingerprint density at radius 1 is 0.630 bits per heavy atom. The van der Waals surface area contributed by atoms with Crippen LogP contribution < -0.4 is 0 Å². The molecule has 0 radical (unpaired) electrons. The lowest BCUT2D eigenvalue weighted by Crippen LogP contribution is -1.96. The predicted molar refractivity (Wildman–Crippen MR) is 113 cm³/mol. The number of aryl methyl sites for hydroxylation is 1. The molecule has 0 aliphatic rings.